The van der Waals surface area contributed by atoms with Gasteiger partial charge in [0.15, 0.2) is 0 Å². The molecule has 0 radical (unpaired) electrons. The molecule has 0 fully saturated rings. The van der Waals surface area contributed by atoms with Gasteiger partial charge in [-0.2, -0.15) is 0 Å². The van der Waals surface area contributed by atoms with Crippen LogP contribution in [0, 0.1) is 27.7 Å². The second-order valence-electron chi connectivity index (χ2n) is 15.7. The van der Waals surface area contributed by atoms with Gasteiger partial charge in [0.1, 0.15) is 0 Å². The predicted molar refractivity (Wildman–Crippen MR) is 257 cm³/mol. The third kappa shape index (κ3) is 6.43. The molecule has 0 nitrogen and oxygen atoms in total. The van der Waals surface area contributed by atoms with Crippen molar-refractivity contribution in [2.75, 3.05) is 0 Å². The number of hydrogen-bond donors (Lipinski definition) is 0. The summed E-state index contributed by atoms with van der Waals surface area (Å²) in [5.41, 5.74) is 20.2. The molecule has 0 saturated carbocycles. The Morgan fingerprint density at radius 3 is 0.638 bits per heavy atom. The van der Waals surface area contributed by atoms with Crippen LogP contribution >= 0.6 is 63.7 Å². The van der Waals surface area contributed by atoms with Crippen LogP contribution in [0.1, 0.15) is 66.8 Å². The fourth-order valence-corrected chi connectivity index (χ4v) is 10.8. The molecule has 0 bridgehead atoms. The Balaban J connectivity index is 0.000000150. The molecule has 0 unspecified atom stereocenters. The Morgan fingerprint density at radius 2 is 0.448 bits per heavy atom. The lowest BCUT2D eigenvalue weighted by molar-refractivity contribution is 0.767. The molecule has 8 aromatic rings. The average molecular weight is 1010 g/mol. The van der Waals surface area contributed by atoms with E-state index in [0.717, 1.165) is 17.9 Å². The van der Waals surface area contributed by atoms with Crippen LogP contribution in [-0.2, 0) is 10.8 Å². The summed E-state index contributed by atoms with van der Waals surface area (Å²) < 4.78 is 4.41. The van der Waals surface area contributed by atoms with E-state index in [9.17, 15) is 0 Å². The highest BCUT2D eigenvalue weighted by molar-refractivity contribution is 9.11. The summed E-state index contributed by atoms with van der Waals surface area (Å²) in [5.74, 6) is 0. The van der Waals surface area contributed by atoms with Gasteiger partial charge in [-0.3, -0.25) is 0 Å². The summed E-state index contributed by atoms with van der Waals surface area (Å²) >= 11 is 14.8. The molecule has 284 valence electrons. The second-order valence-corrected chi connectivity index (χ2v) is 19.4. The van der Waals surface area contributed by atoms with Crippen LogP contribution in [0.15, 0.2) is 188 Å². The zero-order valence-electron chi connectivity index (χ0n) is 32.7. The second kappa shape index (κ2) is 15.4. The van der Waals surface area contributed by atoms with Gasteiger partial charge in [0.05, 0.1) is 10.8 Å². The first-order chi connectivity index (χ1) is 28.0. The Bertz CT molecular complexity index is 2440. The Labute approximate surface area is 375 Å². The Kier molecular flexibility index (Phi) is 10.4. The van der Waals surface area contributed by atoms with Gasteiger partial charge in [-0.1, -0.05) is 207 Å². The van der Waals surface area contributed by atoms with Gasteiger partial charge < -0.3 is 0 Å². The van der Waals surface area contributed by atoms with Crippen LogP contribution in [0.3, 0.4) is 0 Å². The fourth-order valence-electron chi connectivity index (χ4n) is 9.35. The number of halogens is 4. The smallest absolute Gasteiger partial charge is 0.0590 e. The molecule has 0 saturated heterocycles. The predicted octanol–water partition coefficient (Wildman–Crippen LogP) is 16.4. The first-order valence-corrected chi connectivity index (χ1v) is 22.7. The minimum atomic E-state index is -0.326. The first kappa shape index (κ1) is 39.2. The summed E-state index contributed by atoms with van der Waals surface area (Å²) in [7, 11) is 0. The van der Waals surface area contributed by atoms with E-state index in [-0.39, 0.29) is 10.8 Å². The summed E-state index contributed by atoms with van der Waals surface area (Å²) in [4.78, 5) is 0. The quantitative estimate of drug-likeness (QED) is 0.165. The number of fused-ring (bicyclic) bond motifs is 6. The summed E-state index contributed by atoms with van der Waals surface area (Å²) in [6.07, 6.45) is 0. The summed E-state index contributed by atoms with van der Waals surface area (Å²) in [5, 5.41) is 0. The van der Waals surface area contributed by atoms with Crippen LogP contribution in [0.4, 0.5) is 0 Å². The number of rotatable bonds is 4. The number of aryl methyl sites for hydroxylation is 4. The van der Waals surface area contributed by atoms with Crippen molar-refractivity contribution in [1.29, 1.82) is 0 Å². The summed E-state index contributed by atoms with van der Waals surface area (Å²) in [6.45, 7) is 8.58. The van der Waals surface area contributed by atoms with E-state index >= 15 is 0 Å². The van der Waals surface area contributed by atoms with Crippen molar-refractivity contribution in [3.63, 3.8) is 0 Å². The third-order valence-corrected chi connectivity index (χ3v) is 14.0. The van der Waals surface area contributed by atoms with E-state index in [0.29, 0.717) is 0 Å². The normalized spacial score (nSPS) is 13.8. The molecule has 2 aliphatic carbocycles. The van der Waals surface area contributed by atoms with E-state index < -0.39 is 0 Å². The molecule has 0 spiro atoms. The van der Waals surface area contributed by atoms with Gasteiger partial charge >= 0.3 is 0 Å². The molecule has 0 heterocycles. The lowest BCUT2D eigenvalue weighted by Gasteiger charge is -2.34. The van der Waals surface area contributed by atoms with E-state index in [4.69, 9.17) is 0 Å². The van der Waals surface area contributed by atoms with Crippen LogP contribution in [0.5, 0.6) is 0 Å². The highest BCUT2D eigenvalue weighted by Gasteiger charge is 2.47. The maximum absolute atomic E-state index is 3.69. The van der Waals surface area contributed by atoms with Gasteiger partial charge in [0.2, 0.25) is 0 Å². The van der Waals surface area contributed by atoms with E-state index in [1.54, 1.807) is 0 Å². The van der Waals surface area contributed by atoms with Crippen LogP contribution in [-0.4, -0.2) is 0 Å². The Morgan fingerprint density at radius 1 is 0.259 bits per heavy atom. The molecular weight excluding hydrogens is 968 g/mol. The highest BCUT2D eigenvalue weighted by Crippen LogP contribution is 2.58. The molecule has 8 aromatic carbocycles. The molecule has 0 aromatic heterocycles. The largest absolute Gasteiger partial charge is 0.0713 e. The lowest BCUT2D eigenvalue weighted by Crippen LogP contribution is -2.28. The molecule has 4 heteroatoms. The molecule has 58 heavy (non-hydrogen) atoms. The van der Waals surface area contributed by atoms with Gasteiger partial charge in [0.25, 0.3) is 0 Å². The Hall–Kier alpha value is -4.32. The maximum Gasteiger partial charge on any atom is 0.0713 e. The maximum atomic E-state index is 3.69. The number of hydrogen-bond acceptors (Lipinski definition) is 0. The molecule has 0 amide bonds. The molecule has 2 aliphatic rings. The third-order valence-electron chi connectivity index (χ3n) is 12.1. The van der Waals surface area contributed by atoms with Gasteiger partial charge in [-0.05, 0) is 143 Å². The molecule has 10 rings (SSSR count). The lowest BCUT2D eigenvalue weighted by atomic mass is 9.67. The van der Waals surface area contributed by atoms with Gasteiger partial charge in [0, 0.05) is 17.9 Å². The van der Waals surface area contributed by atoms with Gasteiger partial charge in [-0.15, -0.1) is 0 Å². The van der Waals surface area contributed by atoms with E-state index in [1.807, 2.05) is 0 Å². The van der Waals surface area contributed by atoms with Crippen LogP contribution in [0.25, 0.3) is 22.3 Å². The fraction of sp³-hybridized carbons (Fsp3) is 0.111. The van der Waals surface area contributed by atoms with Crippen LogP contribution in [0.2, 0.25) is 0 Å². The van der Waals surface area contributed by atoms with Crippen molar-refractivity contribution in [2.24, 2.45) is 0 Å². The minimum Gasteiger partial charge on any atom is -0.0590 e. The zero-order valence-corrected chi connectivity index (χ0v) is 39.0. The van der Waals surface area contributed by atoms with Crippen molar-refractivity contribution in [2.45, 2.75) is 38.5 Å². The van der Waals surface area contributed by atoms with E-state index in [1.165, 1.54) is 89.0 Å². The average Bonchev–Trinajstić information content (AvgIpc) is 3.66. The van der Waals surface area contributed by atoms with Gasteiger partial charge in [-0.25, -0.2) is 0 Å². The number of benzene rings is 8. The SMILES string of the molecule is Cc1ccc(C2(c3ccc(C)cc3)c3ccc(Br)cc3-c3cc(Br)ccc32)cc1.Cc1ccc(C2(c3ccc(C)cc3)c3ccc(Br)cc3-c3cc(Br)ccc32)cc1. The van der Waals surface area contributed by atoms with Crippen LogP contribution < -0.4 is 0 Å². The molecule has 0 atom stereocenters. The monoisotopic (exact) mass is 1000 g/mol. The topological polar surface area (TPSA) is 0 Å². The highest BCUT2D eigenvalue weighted by atomic mass is 79.9. The minimum absolute atomic E-state index is 0.326. The molecular formula is C54H40Br4. The van der Waals surface area contributed by atoms with Crippen molar-refractivity contribution in [1.82, 2.24) is 0 Å². The van der Waals surface area contributed by atoms with Crippen molar-refractivity contribution in [3.8, 4) is 22.3 Å². The van der Waals surface area contributed by atoms with Crippen molar-refractivity contribution < 1.29 is 0 Å². The zero-order chi connectivity index (χ0) is 40.3. The van der Waals surface area contributed by atoms with Crippen molar-refractivity contribution >= 4 is 63.7 Å². The van der Waals surface area contributed by atoms with E-state index in [2.05, 4.69) is 261 Å². The molecule has 0 N–H and O–H groups in total. The first-order valence-electron chi connectivity index (χ1n) is 19.5. The summed E-state index contributed by atoms with van der Waals surface area (Å²) in [6, 6.07) is 62.9. The standard InChI is InChI=1S/2C27H20Br2/c2*1-17-3-7-19(8-4-17)27(20-9-5-18(2)6-10-20)25-13-11-21(28)15-23(25)24-16-22(29)12-14-26(24)27/h2*3-16H,1-2H3. The molecule has 0 aliphatic heterocycles. The van der Waals surface area contributed by atoms with Crippen molar-refractivity contribution in [3.05, 3.63) is 255 Å².